The molecule has 5 nitrogen and oxygen atoms in total. The molecule has 168 valence electrons. The Morgan fingerprint density at radius 3 is 2.52 bits per heavy atom. The van der Waals surface area contributed by atoms with E-state index in [0.717, 1.165) is 29.1 Å². The van der Waals surface area contributed by atoms with Crippen LogP contribution in [0.15, 0.2) is 77.6 Å². The average Bonchev–Trinajstić information content (AvgIpc) is 2.82. The van der Waals surface area contributed by atoms with Crippen LogP contribution in [0.4, 0.5) is 14.5 Å². The third-order valence-electron chi connectivity index (χ3n) is 5.41. The Balaban J connectivity index is 1.69. The third-order valence-corrected chi connectivity index (χ3v) is 5.41. The van der Waals surface area contributed by atoms with Gasteiger partial charge >= 0.3 is 0 Å². The molecule has 0 saturated heterocycles. The van der Waals surface area contributed by atoms with E-state index in [-0.39, 0.29) is 17.8 Å². The molecule has 0 radical (unpaired) electrons. The van der Waals surface area contributed by atoms with Gasteiger partial charge in [0.1, 0.15) is 23.9 Å². The number of methoxy groups -OCH3 is 1. The van der Waals surface area contributed by atoms with Crippen molar-refractivity contribution in [1.29, 1.82) is 0 Å². The standard InChI is InChI=1S/C26H22F2N2O3/c1-33-21-11-9-18-13-19(8-7-17-5-3-2-4-6-17)26(32)30(24(18)15-21)16-25(31)29-23-14-20(27)10-12-22(23)28/h2-6,9-15H,7-8,16H2,1H3,(H,29,31). The van der Waals surface area contributed by atoms with Crippen LogP contribution in [0.2, 0.25) is 0 Å². The Morgan fingerprint density at radius 2 is 1.76 bits per heavy atom. The van der Waals surface area contributed by atoms with Crippen molar-refractivity contribution in [3.63, 3.8) is 0 Å². The number of anilines is 1. The van der Waals surface area contributed by atoms with Crippen LogP contribution in [0.5, 0.6) is 5.75 Å². The first-order valence-corrected chi connectivity index (χ1v) is 10.4. The largest absolute Gasteiger partial charge is 0.497 e. The highest BCUT2D eigenvalue weighted by Gasteiger charge is 2.15. The fraction of sp³-hybridized carbons (Fsp3) is 0.154. The molecule has 4 aromatic rings. The van der Waals surface area contributed by atoms with Gasteiger partial charge in [0.05, 0.1) is 18.3 Å². The number of carbonyl (C=O) groups is 1. The summed E-state index contributed by atoms with van der Waals surface area (Å²) in [5.74, 6) is -1.56. The van der Waals surface area contributed by atoms with Crippen molar-refractivity contribution in [2.75, 3.05) is 12.4 Å². The van der Waals surface area contributed by atoms with Gasteiger partial charge in [-0.15, -0.1) is 0 Å². The molecule has 1 N–H and O–H groups in total. The second-order valence-electron chi connectivity index (χ2n) is 7.64. The van der Waals surface area contributed by atoms with Crippen LogP contribution in [0, 0.1) is 11.6 Å². The third kappa shape index (κ3) is 5.09. The maximum Gasteiger partial charge on any atom is 0.254 e. The van der Waals surface area contributed by atoms with Crippen LogP contribution in [0.3, 0.4) is 0 Å². The molecular weight excluding hydrogens is 426 g/mol. The number of aryl methyl sites for hydroxylation is 2. The van der Waals surface area contributed by atoms with Gasteiger partial charge in [-0.3, -0.25) is 14.2 Å². The number of hydrogen-bond acceptors (Lipinski definition) is 3. The number of fused-ring (bicyclic) bond motifs is 1. The molecule has 0 spiro atoms. The summed E-state index contributed by atoms with van der Waals surface area (Å²) in [6.07, 6.45) is 1.16. The molecular formula is C26H22F2N2O3. The lowest BCUT2D eigenvalue weighted by Crippen LogP contribution is -2.30. The van der Waals surface area contributed by atoms with Crippen LogP contribution in [0.25, 0.3) is 10.9 Å². The summed E-state index contributed by atoms with van der Waals surface area (Å²) in [4.78, 5) is 26.0. The van der Waals surface area contributed by atoms with Crippen LogP contribution in [-0.2, 0) is 24.2 Å². The van der Waals surface area contributed by atoms with Gasteiger partial charge in [-0.2, -0.15) is 0 Å². The molecule has 0 fully saturated rings. The van der Waals surface area contributed by atoms with Gasteiger partial charge in [-0.05, 0) is 54.1 Å². The summed E-state index contributed by atoms with van der Waals surface area (Å²) in [6, 6.07) is 19.7. The van der Waals surface area contributed by atoms with E-state index in [4.69, 9.17) is 4.74 Å². The van der Waals surface area contributed by atoms with Gasteiger partial charge in [-0.1, -0.05) is 30.3 Å². The monoisotopic (exact) mass is 448 g/mol. The fourth-order valence-electron chi connectivity index (χ4n) is 3.72. The molecule has 0 saturated carbocycles. The zero-order valence-electron chi connectivity index (χ0n) is 18.0. The second kappa shape index (κ2) is 9.65. The lowest BCUT2D eigenvalue weighted by atomic mass is 10.0. The van der Waals surface area contributed by atoms with E-state index in [2.05, 4.69) is 5.32 Å². The van der Waals surface area contributed by atoms with E-state index in [9.17, 15) is 18.4 Å². The highest BCUT2D eigenvalue weighted by atomic mass is 19.1. The first-order chi connectivity index (χ1) is 15.9. The lowest BCUT2D eigenvalue weighted by Gasteiger charge is -2.14. The van der Waals surface area contributed by atoms with Gasteiger partial charge < -0.3 is 10.1 Å². The number of nitrogens with one attached hydrogen (secondary N) is 1. The molecule has 0 atom stereocenters. The molecule has 3 aromatic carbocycles. The van der Waals surface area contributed by atoms with E-state index in [1.165, 1.54) is 11.7 Å². The first-order valence-electron chi connectivity index (χ1n) is 10.4. The van der Waals surface area contributed by atoms with Gasteiger partial charge in [0.25, 0.3) is 5.56 Å². The van der Waals surface area contributed by atoms with Gasteiger partial charge in [0.15, 0.2) is 0 Å². The van der Waals surface area contributed by atoms with Gasteiger partial charge in [-0.25, -0.2) is 8.78 Å². The van der Waals surface area contributed by atoms with Crippen molar-refractivity contribution >= 4 is 22.5 Å². The van der Waals surface area contributed by atoms with Crippen molar-refractivity contribution in [3.8, 4) is 5.75 Å². The summed E-state index contributed by atoms with van der Waals surface area (Å²) < 4.78 is 34.0. The Bertz CT molecular complexity index is 1370. The topological polar surface area (TPSA) is 60.3 Å². The average molecular weight is 448 g/mol. The molecule has 1 aromatic heterocycles. The molecule has 0 aliphatic carbocycles. The minimum atomic E-state index is -0.764. The summed E-state index contributed by atoms with van der Waals surface area (Å²) in [7, 11) is 1.51. The highest BCUT2D eigenvalue weighted by Crippen LogP contribution is 2.22. The van der Waals surface area contributed by atoms with Gasteiger partial charge in [0.2, 0.25) is 5.91 Å². The number of rotatable bonds is 7. The van der Waals surface area contributed by atoms with Gasteiger partial charge in [0, 0.05) is 17.7 Å². The summed E-state index contributed by atoms with van der Waals surface area (Å²) >= 11 is 0. The number of benzene rings is 3. The van der Waals surface area contributed by atoms with Crippen molar-refractivity contribution in [1.82, 2.24) is 4.57 Å². The maximum absolute atomic E-state index is 14.0. The number of nitrogens with zero attached hydrogens (tertiary/aromatic N) is 1. The number of aromatic nitrogens is 1. The first kappa shape index (κ1) is 22.2. The minimum Gasteiger partial charge on any atom is -0.497 e. The predicted molar refractivity (Wildman–Crippen MR) is 124 cm³/mol. The van der Waals surface area contributed by atoms with Crippen molar-refractivity contribution < 1.29 is 18.3 Å². The predicted octanol–water partition coefficient (Wildman–Crippen LogP) is 4.71. The maximum atomic E-state index is 14.0. The van der Waals surface area contributed by atoms with Crippen molar-refractivity contribution in [2.45, 2.75) is 19.4 Å². The van der Waals surface area contributed by atoms with E-state index in [0.29, 0.717) is 29.7 Å². The summed E-state index contributed by atoms with van der Waals surface area (Å²) in [5.41, 5.74) is 1.56. The fourth-order valence-corrected chi connectivity index (χ4v) is 3.72. The Labute approximate surface area is 189 Å². The van der Waals surface area contributed by atoms with Crippen LogP contribution >= 0.6 is 0 Å². The quantitative estimate of drug-likeness (QED) is 0.445. The number of ether oxygens (including phenoxy) is 1. The van der Waals surface area contributed by atoms with E-state index in [1.54, 1.807) is 12.1 Å². The second-order valence-corrected chi connectivity index (χ2v) is 7.64. The zero-order chi connectivity index (χ0) is 23.4. The lowest BCUT2D eigenvalue weighted by molar-refractivity contribution is -0.116. The van der Waals surface area contributed by atoms with Crippen LogP contribution in [-0.4, -0.2) is 17.6 Å². The molecule has 0 bridgehead atoms. The van der Waals surface area contributed by atoms with Crippen LogP contribution < -0.4 is 15.6 Å². The van der Waals surface area contributed by atoms with Crippen molar-refractivity contribution in [2.24, 2.45) is 0 Å². The number of pyridine rings is 1. The SMILES string of the molecule is COc1ccc2cc(CCc3ccccc3)c(=O)n(CC(=O)Nc3cc(F)ccc3F)c2c1. The molecule has 1 heterocycles. The number of amides is 1. The Morgan fingerprint density at radius 1 is 0.970 bits per heavy atom. The molecule has 0 aliphatic heterocycles. The van der Waals surface area contributed by atoms with E-state index >= 15 is 0 Å². The normalized spacial score (nSPS) is 10.9. The molecule has 0 unspecified atom stereocenters. The number of hydrogen-bond donors (Lipinski definition) is 1. The van der Waals surface area contributed by atoms with Crippen LogP contribution in [0.1, 0.15) is 11.1 Å². The van der Waals surface area contributed by atoms with E-state index in [1.807, 2.05) is 42.5 Å². The summed E-state index contributed by atoms with van der Waals surface area (Å²) in [6.45, 7) is -0.363. The molecule has 7 heteroatoms. The van der Waals surface area contributed by atoms with Crippen molar-refractivity contribution in [3.05, 3.63) is 106 Å². The Kier molecular flexibility index (Phi) is 6.49. The molecule has 1 amide bonds. The zero-order valence-corrected chi connectivity index (χ0v) is 18.0. The van der Waals surface area contributed by atoms with E-state index < -0.39 is 17.5 Å². The smallest absolute Gasteiger partial charge is 0.254 e. The molecule has 0 aliphatic rings. The Hall–Kier alpha value is -4.00. The minimum absolute atomic E-state index is 0.282. The molecule has 33 heavy (non-hydrogen) atoms. The molecule has 4 rings (SSSR count). The number of carbonyl (C=O) groups excluding carboxylic acids is 1. The highest BCUT2D eigenvalue weighted by molar-refractivity contribution is 5.92. The number of halogens is 2. The summed E-state index contributed by atoms with van der Waals surface area (Å²) in [5, 5.41) is 3.12.